The maximum atomic E-state index is 13.4. The molecule has 0 fully saturated rings. The maximum absolute atomic E-state index is 13.4. The Kier molecular flexibility index (Phi) is 3.96. The van der Waals surface area contributed by atoms with Crippen molar-refractivity contribution < 1.29 is 9.13 Å². The van der Waals surface area contributed by atoms with Crippen LogP contribution in [0.3, 0.4) is 0 Å². The van der Waals surface area contributed by atoms with Crippen molar-refractivity contribution in [3.8, 4) is 17.6 Å². The molecule has 0 amide bonds. The number of nitriles is 1. The van der Waals surface area contributed by atoms with Gasteiger partial charge in [0.25, 0.3) is 0 Å². The third kappa shape index (κ3) is 3.08. The van der Waals surface area contributed by atoms with Crippen molar-refractivity contribution in [2.75, 3.05) is 0 Å². The molecule has 18 heavy (non-hydrogen) atoms. The van der Waals surface area contributed by atoms with Gasteiger partial charge in [-0.25, -0.2) is 4.39 Å². The van der Waals surface area contributed by atoms with Gasteiger partial charge in [0.15, 0.2) is 11.6 Å². The minimum absolute atomic E-state index is 0.165. The fraction of sp³-hybridized carbons (Fsp3) is 0.0714. The largest absolute Gasteiger partial charge is 0.454 e. The van der Waals surface area contributed by atoms with Crippen LogP contribution in [0.2, 0.25) is 0 Å². The van der Waals surface area contributed by atoms with Gasteiger partial charge in [0.1, 0.15) is 5.75 Å². The normalized spacial score (nSPS) is 9.83. The molecule has 2 nitrogen and oxygen atoms in total. The van der Waals surface area contributed by atoms with Crippen molar-refractivity contribution >= 4 is 15.9 Å². The molecule has 0 radical (unpaired) electrons. The lowest BCUT2D eigenvalue weighted by Crippen LogP contribution is -1.90. The van der Waals surface area contributed by atoms with E-state index in [0.717, 1.165) is 10.0 Å². The van der Waals surface area contributed by atoms with Crippen LogP contribution in [0.4, 0.5) is 4.39 Å². The molecule has 2 rings (SSSR count). The zero-order valence-corrected chi connectivity index (χ0v) is 10.9. The molecule has 2 aromatic carbocycles. The highest BCUT2D eigenvalue weighted by Crippen LogP contribution is 2.28. The molecule has 0 spiro atoms. The minimum Gasteiger partial charge on any atom is -0.454 e. The van der Waals surface area contributed by atoms with E-state index in [0.29, 0.717) is 5.75 Å². The summed E-state index contributed by atoms with van der Waals surface area (Å²) in [6, 6.07) is 13.5. The fourth-order valence-electron chi connectivity index (χ4n) is 1.53. The summed E-state index contributed by atoms with van der Waals surface area (Å²) in [7, 11) is 0. The predicted molar refractivity (Wildman–Crippen MR) is 69.9 cm³/mol. The van der Waals surface area contributed by atoms with Gasteiger partial charge in [-0.3, -0.25) is 0 Å². The van der Waals surface area contributed by atoms with Crippen LogP contribution in [0, 0.1) is 17.1 Å². The summed E-state index contributed by atoms with van der Waals surface area (Å²) in [5, 5.41) is 8.67. The lowest BCUT2D eigenvalue weighted by molar-refractivity contribution is 0.441. The number of hydrogen-bond donors (Lipinski definition) is 0. The van der Waals surface area contributed by atoms with E-state index < -0.39 is 5.82 Å². The van der Waals surface area contributed by atoms with E-state index in [1.165, 1.54) is 6.07 Å². The molecule has 0 aliphatic heterocycles. The number of rotatable bonds is 3. The number of ether oxygens (including phenoxy) is 1. The molecule has 0 N–H and O–H groups in total. The zero-order chi connectivity index (χ0) is 13.0. The molecule has 2 aromatic rings. The molecule has 0 heterocycles. The van der Waals surface area contributed by atoms with Gasteiger partial charge in [0.05, 0.1) is 12.5 Å². The van der Waals surface area contributed by atoms with E-state index in [4.69, 9.17) is 10.00 Å². The van der Waals surface area contributed by atoms with Crippen molar-refractivity contribution in [1.82, 2.24) is 0 Å². The van der Waals surface area contributed by atoms with Crippen molar-refractivity contribution in [2.45, 2.75) is 6.42 Å². The van der Waals surface area contributed by atoms with Gasteiger partial charge >= 0.3 is 0 Å². The van der Waals surface area contributed by atoms with Crippen LogP contribution >= 0.6 is 15.9 Å². The van der Waals surface area contributed by atoms with E-state index in [9.17, 15) is 4.39 Å². The second-order valence-corrected chi connectivity index (χ2v) is 4.58. The van der Waals surface area contributed by atoms with Gasteiger partial charge in [-0.15, -0.1) is 0 Å². The highest BCUT2D eigenvalue weighted by molar-refractivity contribution is 9.10. The van der Waals surface area contributed by atoms with Gasteiger partial charge in [-0.1, -0.05) is 28.1 Å². The van der Waals surface area contributed by atoms with Crippen LogP contribution in [-0.4, -0.2) is 0 Å². The van der Waals surface area contributed by atoms with Crippen molar-refractivity contribution in [2.24, 2.45) is 0 Å². The van der Waals surface area contributed by atoms with Crippen LogP contribution in [0.25, 0.3) is 0 Å². The Hall–Kier alpha value is -1.86. The third-order valence-electron chi connectivity index (χ3n) is 2.28. The Labute approximate surface area is 113 Å². The first-order valence-corrected chi connectivity index (χ1v) is 6.07. The van der Waals surface area contributed by atoms with E-state index in [-0.39, 0.29) is 12.2 Å². The van der Waals surface area contributed by atoms with Crippen molar-refractivity contribution in [3.63, 3.8) is 0 Å². The second kappa shape index (κ2) is 5.65. The SMILES string of the molecule is N#CCc1cc(Br)cc(Oc2ccccc2F)c1. The van der Waals surface area contributed by atoms with Crippen molar-refractivity contribution in [3.05, 3.63) is 58.3 Å². The fourth-order valence-corrected chi connectivity index (χ4v) is 2.05. The smallest absolute Gasteiger partial charge is 0.165 e. The lowest BCUT2D eigenvalue weighted by atomic mass is 10.1. The Morgan fingerprint density at radius 2 is 2.00 bits per heavy atom. The van der Waals surface area contributed by atoms with Gasteiger partial charge in [-0.2, -0.15) is 5.26 Å². The molecule has 0 atom stereocenters. The molecule has 0 aromatic heterocycles. The first-order valence-electron chi connectivity index (χ1n) is 5.28. The van der Waals surface area contributed by atoms with Gasteiger partial charge < -0.3 is 4.74 Å². The molecule has 90 valence electrons. The van der Waals surface area contributed by atoms with Crippen LogP contribution in [0.5, 0.6) is 11.5 Å². The lowest BCUT2D eigenvalue weighted by Gasteiger charge is -2.08. The highest BCUT2D eigenvalue weighted by atomic mass is 79.9. The Bertz CT molecular complexity index is 607. The van der Waals surface area contributed by atoms with E-state index in [2.05, 4.69) is 22.0 Å². The molecular formula is C14H9BrFNO. The zero-order valence-electron chi connectivity index (χ0n) is 9.36. The number of benzene rings is 2. The van der Waals surface area contributed by atoms with Crippen LogP contribution < -0.4 is 4.74 Å². The average Bonchev–Trinajstić information content (AvgIpc) is 2.32. The first kappa shape index (κ1) is 12.6. The summed E-state index contributed by atoms with van der Waals surface area (Å²) < 4.78 is 19.7. The standard InChI is InChI=1S/C14H9BrFNO/c15-11-7-10(5-6-17)8-12(9-11)18-14-4-2-1-3-13(14)16/h1-4,7-9H,5H2. The van der Waals surface area contributed by atoms with Gasteiger partial charge in [0, 0.05) is 4.47 Å². The molecule has 0 aliphatic rings. The van der Waals surface area contributed by atoms with E-state index in [1.54, 1.807) is 30.3 Å². The van der Waals surface area contributed by atoms with E-state index >= 15 is 0 Å². The topological polar surface area (TPSA) is 33.0 Å². The van der Waals surface area contributed by atoms with Gasteiger partial charge in [0.2, 0.25) is 0 Å². The quantitative estimate of drug-likeness (QED) is 0.839. The van der Waals surface area contributed by atoms with Crippen molar-refractivity contribution in [1.29, 1.82) is 5.26 Å². The molecule has 0 saturated carbocycles. The van der Waals surface area contributed by atoms with Crippen LogP contribution in [-0.2, 0) is 6.42 Å². The number of hydrogen-bond acceptors (Lipinski definition) is 2. The Balaban J connectivity index is 2.29. The summed E-state index contributed by atoms with van der Waals surface area (Å²) in [5.74, 6) is 0.248. The number of halogens is 2. The summed E-state index contributed by atoms with van der Waals surface area (Å²) in [6.45, 7) is 0. The summed E-state index contributed by atoms with van der Waals surface area (Å²) >= 11 is 3.33. The predicted octanol–water partition coefficient (Wildman–Crippen LogP) is 4.45. The average molecular weight is 306 g/mol. The number of para-hydroxylation sites is 1. The summed E-state index contributed by atoms with van der Waals surface area (Å²) in [5.41, 5.74) is 0.818. The van der Waals surface area contributed by atoms with Gasteiger partial charge in [-0.05, 0) is 35.9 Å². The molecule has 0 bridgehead atoms. The molecule has 0 aliphatic carbocycles. The molecule has 0 unspecified atom stereocenters. The minimum atomic E-state index is -0.417. The van der Waals surface area contributed by atoms with E-state index in [1.807, 2.05) is 6.07 Å². The highest BCUT2D eigenvalue weighted by Gasteiger charge is 2.05. The Morgan fingerprint density at radius 1 is 1.22 bits per heavy atom. The third-order valence-corrected chi connectivity index (χ3v) is 2.74. The second-order valence-electron chi connectivity index (χ2n) is 3.66. The maximum Gasteiger partial charge on any atom is 0.165 e. The summed E-state index contributed by atoms with van der Waals surface area (Å²) in [6.07, 6.45) is 0.285. The Morgan fingerprint density at radius 3 is 2.72 bits per heavy atom. The van der Waals surface area contributed by atoms with Crippen LogP contribution in [0.15, 0.2) is 46.9 Å². The monoisotopic (exact) mass is 305 g/mol. The molecular weight excluding hydrogens is 297 g/mol. The van der Waals surface area contributed by atoms with Crippen LogP contribution in [0.1, 0.15) is 5.56 Å². The number of nitrogens with zero attached hydrogens (tertiary/aromatic N) is 1. The molecule has 4 heteroatoms. The molecule has 0 saturated heterocycles. The summed E-state index contributed by atoms with van der Waals surface area (Å²) in [4.78, 5) is 0. The first-order chi connectivity index (χ1) is 8.69.